The monoisotopic (exact) mass is 338 g/mol. The minimum Gasteiger partial charge on any atom is -0.368 e. The van der Waals surface area contributed by atoms with Gasteiger partial charge in [-0.1, -0.05) is 23.4 Å². The number of H-pyrrole nitrogens is 1. The predicted molar refractivity (Wildman–Crippen MR) is 92.9 cm³/mol. The smallest absolute Gasteiger partial charge is 0.277 e. The van der Waals surface area contributed by atoms with Crippen molar-refractivity contribution in [2.75, 3.05) is 31.1 Å². The molecule has 8 heteroatoms. The molecule has 0 aliphatic carbocycles. The van der Waals surface area contributed by atoms with Crippen molar-refractivity contribution in [3.63, 3.8) is 0 Å². The zero-order valence-electron chi connectivity index (χ0n) is 13.8. The number of nitrogens with one attached hydrogen (secondary N) is 1. The lowest BCUT2D eigenvalue weighted by Crippen LogP contribution is -2.49. The normalized spacial score (nSPS) is 14.9. The van der Waals surface area contributed by atoms with Crippen LogP contribution in [0.3, 0.4) is 0 Å². The molecule has 3 heterocycles. The SMILES string of the molecule is Cc1cn2nnc(C(=O)N3CCN(c4ccccc4)CC3)c2c(=O)[nH]1. The number of benzene rings is 1. The van der Waals surface area contributed by atoms with E-state index in [1.165, 1.54) is 4.52 Å². The van der Waals surface area contributed by atoms with Gasteiger partial charge in [-0.2, -0.15) is 0 Å². The summed E-state index contributed by atoms with van der Waals surface area (Å²) in [5.74, 6) is -0.253. The Labute approximate surface area is 143 Å². The van der Waals surface area contributed by atoms with E-state index in [9.17, 15) is 9.59 Å². The number of anilines is 1. The van der Waals surface area contributed by atoms with Crippen LogP contribution < -0.4 is 10.5 Å². The Morgan fingerprint density at radius 3 is 2.56 bits per heavy atom. The van der Waals surface area contributed by atoms with E-state index in [-0.39, 0.29) is 22.7 Å². The lowest BCUT2D eigenvalue weighted by molar-refractivity contribution is 0.0742. The van der Waals surface area contributed by atoms with Gasteiger partial charge in [-0.05, 0) is 19.1 Å². The molecule has 1 fully saturated rings. The van der Waals surface area contributed by atoms with Crippen molar-refractivity contribution >= 4 is 17.1 Å². The van der Waals surface area contributed by atoms with Crippen LogP contribution >= 0.6 is 0 Å². The lowest BCUT2D eigenvalue weighted by atomic mass is 10.2. The highest BCUT2D eigenvalue weighted by Crippen LogP contribution is 2.17. The van der Waals surface area contributed by atoms with Crippen molar-refractivity contribution in [1.29, 1.82) is 0 Å². The molecule has 1 amide bonds. The summed E-state index contributed by atoms with van der Waals surface area (Å²) in [6.07, 6.45) is 1.65. The topological polar surface area (TPSA) is 86.6 Å². The third-order valence-corrected chi connectivity index (χ3v) is 4.43. The van der Waals surface area contributed by atoms with Crippen LogP contribution in [0.1, 0.15) is 16.2 Å². The quantitative estimate of drug-likeness (QED) is 0.743. The zero-order chi connectivity index (χ0) is 17.4. The van der Waals surface area contributed by atoms with E-state index in [2.05, 4.69) is 32.3 Å². The number of aryl methyl sites for hydroxylation is 1. The van der Waals surface area contributed by atoms with Crippen molar-refractivity contribution < 1.29 is 4.79 Å². The Morgan fingerprint density at radius 1 is 1.12 bits per heavy atom. The van der Waals surface area contributed by atoms with Crippen LogP contribution in [0.15, 0.2) is 41.3 Å². The number of piperazine rings is 1. The van der Waals surface area contributed by atoms with E-state index in [0.29, 0.717) is 18.8 Å². The van der Waals surface area contributed by atoms with Crippen LogP contribution in [-0.4, -0.2) is 56.8 Å². The average molecular weight is 338 g/mol. The summed E-state index contributed by atoms with van der Waals surface area (Å²) in [5, 5.41) is 7.85. The van der Waals surface area contributed by atoms with Gasteiger partial charge in [-0.25, -0.2) is 4.52 Å². The number of rotatable bonds is 2. The molecular formula is C17H18N6O2. The van der Waals surface area contributed by atoms with Gasteiger partial charge in [-0.3, -0.25) is 9.59 Å². The number of carbonyl (C=O) groups is 1. The Balaban J connectivity index is 1.54. The van der Waals surface area contributed by atoms with Gasteiger partial charge < -0.3 is 14.8 Å². The first-order valence-corrected chi connectivity index (χ1v) is 8.18. The van der Waals surface area contributed by atoms with E-state index in [1.54, 1.807) is 18.0 Å². The molecule has 1 aliphatic heterocycles. The van der Waals surface area contributed by atoms with Crippen LogP contribution in [0, 0.1) is 6.92 Å². The maximum Gasteiger partial charge on any atom is 0.277 e. The second-order valence-electron chi connectivity index (χ2n) is 6.11. The number of aromatic nitrogens is 4. The Hall–Kier alpha value is -3.16. The predicted octanol–water partition coefficient (Wildman–Crippen LogP) is 0.688. The third kappa shape index (κ3) is 2.75. The van der Waals surface area contributed by atoms with Gasteiger partial charge in [0.1, 0.15) is 0 Å². The summed E-state index contributed by atoms with van der Waals surface area (Å²) >= 11 is 0. The number of hydrogen-bond donors (Lipinski definition) is 1. The van der Waals surface area contributed by atoms with Gasteiger partial charge in [-0.15, -0.1) is 5.10 Å². The molecule has 3 aromatic rings. The van der Waals surface area contributed by atoms with E-state index in [4.69, 9.17) is 0 Å². The summed E-state index contributed by atoms with van der Waals surface area (Å²) in [7, 11) is 0. The number of para-hydroxylation sites is 1. The molecule has 2 aromatic heterocycles. The maximum atomic E-state index is 12.8. The summed E-state index contributed by atoms with van der Waals surface area (Å²) in [4.78, 5) is 31.6. The van der Waals surface area contributed by atoms with E-state index < -0.39 is 0 Å². The van der Waals surface area contributed by atoms with Crippen LogP contribution in [0.25, 0.3) is 5.52 Å². The average Bonchev–Trinajstić information content (AvgIpc) is 3.06. The number of amides is 1. The standard InChI is InChI=1S/C17H18N6O2/c1-12-11-23-15(16(24)18-12)14(19-20-23)17(25)22-9-7-21(8-10-22)13-5-3-2-4-6-13/h2-6,11H,7-10H2,1H3,(H,18,24). The Bertz CT molecular complexity index is 970. The number of nitrogens with zero attached hydrogens (tertiary/aromatic N) is 5. The second-order valence-corrected chi connectivity index (χ2v) is 6.11. The Morgan fingerprint density at radius 2 is 1.84 bits per heavy atom. The summed E-state index contributed by atoms with van der Waals surface area (Å²) in [5.41, 5.74) is 1.76. The zero-order valence-corrected chi connectivity index (χ0v) is 13.8. The van der Waals surface area contributed by atoms with Crippen molar-refractivity contribution in [2.45, 2.75) is 6.92 Å². The summed E-state index contributed by atoms with van der Waals surface area (Å²) in [6.45, 7) is 4.40. The highest BCUT2D eigenvalue weighted by Gasteiger charge is 2.27. The highest BCUT2D eigenvalue weighted by molar-refractivity contribution is 5.98. The van der Waals surface area contributed by atoms with Crippen LogP contribution in [0.5, 0.6) is 0 Å². The summed E-state index contributed by atoms with van der Waals surface area (Å²) < 4.78 is 1.36. The molecule has 0 bridgehead atoms. The number of hydrogen-bond acceptors (Lipinski definition) is 5. The van der Waals surface area contributed by atoms with Crippen molar-refractivity contribution in [3.8, 4) is 0 Å². The minimum atomic E-state index is -0.351. The molecule has 0 unspecified atom stereocenters. The first-order chi connectivity index (χ1) is 12.1. The van der Waals surface area contributed by atoms with Crippen molar-refractivity contribution in [3.05, 3.63) is 58.3 Å². The molecule has 8 nitrogen and oxygen atoms in total. The van der Waals surface area contributed by atoms with Crippen LogP contribution in [-0.2, 0) is 0 Å². The lowest BCUT2D eigenvalue weighted by Gasteiger charge is -2.35. The van der Waals surface area contributed by atoms with E-state index >= 15 is 0 Å². The van der Waals surface area contributed by atoms with Crippen molar-refractivity contribution in [2.24, 2.45) is 0 Å². The molecule has 0 spiro atoms. The largest absolute Gasteiger partial charge is 0.368 e. The molecule has 1 aliphatic rings. The second kappa shape index (κ2) is 6.04. The van der Waals surface area contributed by atoms with Gasteiger partial charge >= 0.3 is 0 Å². The van der Waals surface area contributed by atoms with Crippen LogP contribution in [0.2, 0.25) is 0 Å². The Kier molecular flexibility index (Phi) is 3.72. The molecule has 0 atom stereocenters. The van der Waals surface area contributed by atoms with Gasteiger partial charge in [0.25, 0.3) is 11.5 Å². The molecular weight excluding hydrogens is 320 g/mol. The van der Waals surface area contributed by atoms with E-state index in [1.807, 2.05) is 18.2 Å². The molecule has 1 N–H and O–H groups in total. The van der Waals surface area contributed by atoms with Gasteiger partial charge in [0.05, 0.1) is 6.20 Å². The minimum absolute atomic E-state index is 0.106. The molecule has 1 aromatic carbocycles. The fraction of sp³-hybridized carbons (Fsp3) is 0.294. The van der Waals surface area contributed by atoms with Crippen LogP contribution in [0.4, 0.5) is 5.69 Å². The third-order valence-electron chi connectivity index (χ3n) is 4.43. The van der Waals surface area contributed by atoms with Gasteiger partial charge in [0.2, 0.25) is 0 Å². The molecule has 128 valence electrons. The fourth-order valence-corrected chi connectivity index (χ4v) is 3.15. The molecule has 4 rings (SSSR count). The first kappa shape index (κ1) is 15.4. The summed E-state index contributed by atoms with van der Waals surface area (Å²) in [6, 6.07) is 10.1. The fourth-order valence-electron chi connectivity index (χ4n) is 3.15. The molecule has 25 heavy (non-hydrogen) atoms. The molecule has 0 radical (unpaired) electrons. The number of fused-ring (bicyclic) bond motifs is 1. The maximum absolute atomic E-state index is 12.8. The van der Waals surface area contributed by atoms with Crippen molar-refractivity contribution in [1.82, 2.24) is 24.7 Å². The van der Waals surface area contributed by atoms with Gasteiger partial charge in [0, 0.05) is 37.6 Å². The number of carbonyl (C=O) groups excluding carboxylic acids is 1. The molecule has 1 saturated heterocycles. The van der Waals surface area contributed by atoms with E-state index in [0.717, 1.165) is 18.8 Å². The first-order valence-electron chi connectivity index (χ1n) is 8.18. The van der Waals surface area contributed by atoms with Gasteiger partial charge in [0.15, 0.2) is 11.2 Å². The molecule has 0 saturated carbocycles. The number of aromatic amines is 1. The highest BCUT2D eigenvalue weighted by atomic mass is 16.2.